The van der Waals surface area contributed by atoms with Gasteiger partial charge < -0.3 is 9.32 Å². The molecule has 0 saturated heterocycles. The van der Waals surface area contributed by atoms with Crippen LogP contribution in [0, 0.1) is 0 Å². The van der Waals surface area contributed by atoms with Gasteiger partial charge in [-0.15, -0.1) is 0 Å². The smallest absolute Gasteiger partial charge is 0.227 e. The third-order valence-corrected chi connectivity index (χ3v) is 4.37. The van der Waals surface area contributed by atoms with Crippen molar-refractivity contribution < 1.29 is 9.21 Å². The van der Waals surface area contributed by atoms with Crippen LogP contribution in [-0.4, -0.2) is 17.9 Å². The summed E-state index contributed by atoms with van der Waals surface area (Å²) in [5, 5.41) is 1.04. The molecular weight excluding hydrogens is 298 g/mol. The molecular formula is C21H23NO2. The van der Waals surface area contributed by atoms with Crippen LogP contribution in [0.3, 0.4) is 0 Å². The van der Waals surface area contributed by atoms with E-state index in [1.54, 1.807) is 11.2 Å². The zero-order chi connectivity index (χ0) is 17.1. The molecule has 0 aliphatic rings. The second-order valence-corrected chi connectivity index (χ2v) is 6.58. The molecule has 1 heterocycles. The van der Waals surface area contributed by atoms with Crippen LogP contribution in [0.5, 0.6) is 0 Å². The van der Waals surface area contributed by atoms with Crippen LogP contribution >= 0.6 is 0 Å². The molecule has 1 amide bonds. The van der Waals surface area contributed by atoms with E-state index >= 15 is 0 Å². The maximum absolute atomic E-state index is 12.6. The van der Waals surface area contributed by atoms with E-state index in [9.17, 15) is 4.79 Å². The molecule has 0 saturated carbocycles. The second-order valence-electron chi connectivity index (χ2n) is 6.58. The summed E-state index contributed by atoms with van der Waals surface area (Å²) in [5.41, 5.74) is 4.19. The Kier molecular flexibility index (Phi) is 4.70. The summed E-state index contributed by atoms with van der Waals surface area (Å²) < 4.78 is 5.61. The lowest BCUT2D eigenvalue weighted by atomic mass is 10.00. The number of hydrogen-bond donors (Lipinski definition) is 0. The number of benzene rings is 2. The quantitative estimate of drug-likeness (QED) is 0.679. The van der Waals surface area contributed by atoms with Crippen molar-refractivity contribution >= 4 is 16.9 Å². The van der Waals surface area contributed by atoms with Gasteiger partial charge in [-0.05, 0) is 29.2 Å². The molecule has 0 unspecified atom stereocenters. The number of furan rings is 1. The summed E-state index contributed by atoms with van der Waals surface area (Å²) in [7, 11) is 1.84. The molecule has 3 heteroatoms. The van der Waals surface area contributed by atoms with Crippen molar-refractivity contribution in [1.82, 2.24) is 4.90 Å². The maximum Gasteiger partial charge on any atom is 0.227 e. The fourth-order valence-electron chi connectivity index (χ4n) is 2.84. The Hall–Kier alpha value is -2.55. The normalized spacial score (nSPS) is 11.2. The van der Waals surface area contributed by atoms with E-state index in [0.29, 0.717) is 18.9 Å². The molecule has 24 heavy (non-hydrogen) atoms. The summed E-state index contributed by atoms with van der Waals surface area (Å²) in [4.78, 5) is 14.3. The lowest BCUT2D eigenvalue weighted by molar-refractivity contribution is -0.129. The highest BCUT2D eigenvalue weighted by atomic mass is 16.3. The molecule has 1 aromatic heterocycles. The molecule has 0 fully saturated rings. The van der Waals surface area contributed by atoms with Crippen LogP contribution in [0.1, 0.15) is 36.5 Å². The van der Waals surface area contributed by atoms with Gasteiger partial charge in [0.25, 0.3) is 0 Å². The lowest BCUT2D eigenvalue weighted by Crippen LogP contribution is -2.27. The topological polar surface area (TPSA) is 33.5 Å². The molecule has 3 rings (SSSR count). The molecule has 3 nitrogen and oxygen atoms in total. The molecule has 3 aromatic rings. The Morgan fingerprint density at radius 3 is 2.58 bits per heavy atom. The fraction of sp³-hybridized carbons (Fsp3) is 0.286. The van der Waals surface area contributed by atoms with Crippen molar-refractivity contribution in [1.29, 1.82) is 0 Å². The third-order valence-electron chi connectivity index (χ3n) is 4.37. The zero-order valence-corrected chi connectivity index (χ0v) is 14.5. The molecule has 124 valence electrons. The van der Waals surface area contributed by atoms with Gasteiger partial charge in [-0.2, -0.15) is 0 Å². The van der Waals surface area contributed by atoms with E-state index in [4.69, 9.17) is 4.42 Å². The third kappa shape index (κ3) is 3.51. The van der Waals surface area contributed by atoms with E-state index in [2.05, 4.69) is 26.0 Å². The minimum Gasteiger partial charge on any atom is -0.464 e. The number of rotatable bonds is 5. The first kappa shape index (κ1) is 16.3. The first-order valence-electron chi connectivity index (χ1n) is 8.32. The van der Waals surface area contributed by atoms with Gasteiger partial charge in [-0.1, -0.05) is 50.2 Å². The highest BCUT2D eigenvalue weighted by Crippen LogP contribution is 2.26. The fourth-order valence-corrected chi connectivity index (χ4v) is 2.84. The van der Waals surface area contributed by atoms with Crippen molar-refractivity contribution in [3.8, 4) is 0 Å². The van der Waals surface area contributed by atoms with E-state index in [1.165, 1.54) is 5.56 Å². The highest BCUT2D eigenvalue weighted by Gasteiger charge is 2.15. The summed E-state index contributed by atoms with van der Waals surface area (Å²) in [5.74, 6) is 0.546. The molecule has 0 atom stereocenters. The van der Waals surface area contributed by atoms with Gasteiger partial charge in [0.1, 0.15) is 5.58 Å². The van der Waals surface area contributed by atoms with Crippen molar-refractivity contribution in [3.05, 3.63) is 71.5 Å². The van der Waals surface area contributed by atoms with Crippen LogP contribution in [0.4, 0.5) is 0 Å². The molecule has 2 aromatic carbocycles. The average molecular weight is 321 g/mol. The monoisotopic (exact) mass is 321 g/mol. The van der Waals surface area contributed by atoms with Crippen molar-refractivity contribution in [2.24, 2.45) is 0 Å². The average Bonchev–Trinajstić information content (AvgIpc) is 2.98. The number of amides is 1. The molecule has 0 spiro atoms. The van der Waals surface area contributed by atoms with E-state index in [1.807, 2.05) is 43.4 Å². The minimum absolute atomic E-state index is 0.0940. The van der Waals surface area contributed by atoms with Crippen LogP contribution in [0.25, 0.3) is 11.0 Å². The van der Waals surface area contributed by atoms with Crippen LogP contribution in [0.2, 0.25) is 0 Å². The van der Waals surface area contributed by atoms with Gasteiger partial charge in [0.05, 0.1) is 12.7 Å². The number of likely N-dealkylation sites (N-methyl/N-ethyl adjacent to an activating group) is 1. The first-order valence-corrected chi connectivity index (χ1v) is 8.32. The van der Waals surface area contributed by atoms with E-state index in [-0.39, 0.29) is 5.91 Å². The first-order chi connectivity index (χ1) is 11.5. The van der Waals surface area contributed by atoms with Crippen molar-refractivity contribution in [2.45, 2.75) is 32.7 Å². The van der Waals surface area contributed by atoms with Gasteiger partial charge in [-0.25, -0.2) is 0 Å². The largest absolute Gasteiger partial charge is 0.464 e. The molecule has 0 aliphatic heterocycles. The number of nitrogens with zero attached hydrogens (tertiary/aromatic N) is 1. The Labute approximate surface area is 142 Å². The van der Waals surface area contributed by atoms with Crippen molar-refractivity contribution in [2.75, 3.05) is 7.05 Å². The van der Waals surface area contributed by atoms with Gasteiger partial charge in [-0.3, -0.25) is 4.79 Å². The van der Waals surface area contributed by atoms with Crippen molar-refractivity contribution in [3.63, 3.8) is 0 Å². The predicted molar refractivity (Wildman–Crippen MR) is 96.9 cm³/mol. The van der Waals surface area contributed by atoms with Gasteiger partial charge >= 0.3 is 0 Å². The molecule has 0 N–H and O–H groups in total. The molecule has 0 bridgehead atoms. The number of carbonyl (C=O) groups is 1. The lowest BCUT2D eigenvalue weighted by Gasteiger charge is -2.17. The second kappa shape index (κ2) is 6.91. The Morgan fingerprint density at radius 1 is 1.12 bits per heavy atom. The van der Waals surface area contributed by atoms with Gasteiger partial charge in [0.2, 0.25) is 5.91 Å². The van der Waals surface area contributed by atoms with Crippen LogP contribution < -0.4 is 0 Å². The van der Waals surface area contributed by atoms with E-state index < -0.39 is 0 Å². The SMILES string of the molecule is CC(C)c1ccc2occ(CC(=O)N(C)Cc3ccccc3)c2c1. The Balaban J connectivity index is 1.76. The van der Waals surface area contributed by atoms with Gasteiger partial charge in [0.15, 0.2) is 0 Å². The summed E-state index contributed by atoms with van der Waals surface area (Å²) in [6.07, 6.45) is 2.07. The Morgan fingerprint density at radius 2 is 1.88 bits per heavy atom. The van der Waals surface area contributed by atoms with Gasteiger partial charge in [0, 0.05) is 24.5 Å². The highest BCUT2D eigenvalue weighted by molar-refractivity contribution is 5.88. The number of carbonyl (C=O) groups excluding carboxylic acids is 1. The summed E-state index contributed by atoms with van der Waals surface area (Å²) in [6.45, 7) is 4.95. The maximum atomic E-state index is 12.6. The predicted octanol–water partition coefficient (Wildman–Crippen LogP) is 4.76. The summed E-state index contributed by atoms with van der Waals surface area (Å²) >= 11 is 0. The molecule has 0 radical (unpaired) electrons. The molecule has 0 aliphatic carbocycles. The van der Waals surface area contributed by atoms with Crippen LogP contribution in [-0.2, 0) is 17.8 Å². The minimum atomic E-state index is 0.0940. The van der Waals surface area contributed by atoms with Crippen LogP contribution in [0.15, 0.2) is 59.2 Å². The number of hydrogen-bond acceptors (Lipinski definition) is 2. The standard InChI is InChI=1S/C21H23NO2/c1-15(2)17-9-10-20-19(11-17)18(14-24-20)12-21(23)22(3)13-16-7-5-4-6-8-16/h4-11,14-15H,12-13H2,1-3H3. The summed E-state index contributed by atoms with van der Waals surface area (Å²) in [6, 6.07) is 16.3. The zero-order valence-electron chi connectivity index (χ0n) is 14.5. The Bertz CT molecular complexity index is 833. The van der Waals surface area contributed by atoms with E-state index in [0.717, 1.165) is 22.1 Å². The number of fused-ring (bicyclic) bond motifs is 1.